The summed E-state index contributed by atoms with van der Waals surface area (Å²) in [6.07, 6.45) is 3.21. The minimum Gasteiger partial charge on any atom is -0.497 e. The average molecular weight is 325 g/mol. The van der Waals surface area contributed by atoms with Crippen molar-refractivity contribution in [2.45, 2.75) is 13.3 Å². The minimum atomic E-state index is -0.205. The maximum Gasteiger partial charge on any atom is 0.229 e. The van der Waals surface area contributed by atoms with E-state index in [-0.39, 0.29) is 12.3 Å². The van der Waals surface area contributed by atoms with Gasteiger partial charge in [0.05, 0.1) is 24.8 Å². The number of carbonyl (C=O) groups is 1. The summed E-state index contributed by atoms with van der Waals surface area (Å²) in [5.41, 5.74) is 1.63. The number of methoxy groups -OCH3 is 1. The number of hydrogen-bond donors (Lipinski definition) is 1. The molecule has 6 nitrogen and oxygen atoms in total. The first-order valence-electron chi connectivity index (χ1n) is 7.33. The van der Waals surface area contributed by atoms with Crippen molar-refractivity contribution in [3.8, 4) is 17.0 Å². The molecule has 0 unspecified atom stereocenters. The molecule has 0 spiro atoms. The van der Waals surface area contributed by atoms with E-state index in [2.05, 4.69) is 22.1 Å². The third-order valence-corrected chi connectivity index (χ3v) is 2.99. The fourth-order valence-corrected chi connectivity index (χ4v) is 1.83. The summed E-state index contributed by atoms with van der Waals surface area (Å²) in [6, 6.07) is 11.0. The van der Waals surface area contributed by atoms with Crippen LogP contribution in [0.15, 0.2) is 61.1 Å². The largest absolute Gasteiger partial charge is 0.497 e. The number of carbonyl (C=O) groups excluding carboxylic acids is 1. The van der Waals surface area contributed by atoms with E-state index in [0.29, 0.717) is 17.3 Å². The van der Waals surface area contributed by atoms with Crippen molar-refractivity contribution in [2.75, 3.05) is 12.4 Å². The van der Waals surface area contributed by atoms with Crippen molar-refractivity contribution in [2.24, 2.45) is 0 Å². The van der Waals surface area contributed by atoms with Gasteiger partial charge in [0.25, 0.3) is 0 Å². The normalized spacial score (nSPS) is 10.4. The Morgan fingerprint density at radius 1 is 1.21 bits per heavy atom. The Morgan fingerprint density at radius 2 is 1.96 bits per heavy atom. The number of benzene rings is 1. The highest BCUT2D eigenvalue weighted by molar-refractivity contribution is 5.90. The lowest BCUT2D eigenvalue weighted by atomic mass is 10.1. The van der Waals surface area contributed by atoms with Gasteiger partial charge >= 0.3 is 0 Å². The van der Waals surface area contributed by atoms with Crippen molar-refractivity contribution < 1.29 is 14.3 Å². The van der Waals surface area contributed by atoms with E-state index < -0.39 is 0 Å². The highest BCUT2D eigenvalue weighted by Gasteiger charge is 2.04. The molecule has 1 aromatic heterocycles. The van der Waals surface area contributed by atoms with Crippen LogP contribution >= 0.6 is 0 Å². The molecule has 0 saturated carbocycles. The zero-order chi connectivity index (χ0) is 17.4. The molecule has 2 rings (SSSR count). The highest BCUT2D eigenvalue weighted by Crippen LogP contribution is 2.20. The highest BCUT2D eigenvalue weighted by atomic mass is 16.5. The standard InChI is InChI=1S/C18H19N3O3/c1-13(2)24-12-4-5-18(22)19-17-11-10-16(20-21-17)14-6-8-15(23-3)9-7-14/h4,6-12H,1,5H2,2-3H3,(H,19,21,22)/b12-4-. The SMILES string of the molecule is C=C(C)O/C=C\CC(=O)Nc1ccc(-c2ccc(OC)cc2)nn1. The molecule has 0 bridgehead atoms. The van der Waals surface area contributed by atoms with Crippen LogP contribution in [-0.2, 0) is 9.53 Å². The molecule has 0 radical (unpaired) electrons. The lowest BCUT2D eigenvalue weighted by molar-refractivity contribution is -0.115. The number of rotatable bonds is 7. The third-order valence-electron chi connectivity index (χ3n) is 2.99. The summed E-state index contributed by atoms with van der Waals surface area (Å²) in [6.45, 7) is 5.31. The predicted octanol–water partition coefficient (Wildman–Crippen LogP) is 3.54. The van der Waals surface area contributed by atoms with Crippen LogP contribution in [-0.4, -0.2) is 23.2 Å². The summed E-state index contributed by atoms with van der Waals surface area (Å²) in [5.74, 6) is 1.53. The number of nitrogens with zero attached hydrogens (tertiary/aromatic N) is 2. The topological polar surface area (TPSA) is 73.3 Å². The number of nitrogens with one attached hydrogen (secondary N) is 1. The molecule has 0 aliphatic rings. The maximum atomic E-state index is 11.8. The Labute approximate surface area is 140 Å². The summed E-state index contributed by atoms with van der Waals surface area (Å²) in [7, 11) is 1.62. The van der Waals surface area contributed by atoms with Crippen LogP contribution in [0.25, 0.3) is 11.3 Å². The van der Waals surface area contributed by atoms with Gasteiger partial charge in [0, 0.05) is 12.0 Å². The maximum absolute atomic E-state index is 11.8. The van der Waals surface area contributed by atoms with Crippen molar-refractivity contribution in [3.05, 3.63) is 61.1 Å². The molecule has 1 N–H and O–H groups in total. The van der Waals surface area contributed by atoms with Gasteiger partial charge in [-0.1, -0.05) is 6.58 Å². The van der Waals surface area contributed by atoms with Crippen LogP contribution in [0.3, 0.4) is 0 Å². The molecule has 6 heteroatoms. The Morgan fingerprint density at radius 3 is 2.54 bits per heavy atom. The summed E-state index contributed by atoms with van der Waals surface area (Å²) < 4.78 is 10.2. The average Bonchev–Trinajstić information content (AvgIpc) is 2.59. The quantitative estimate of drug-likeness (QED) is 0.788. The van der Waals surface area contributed by atoms with E-state index in [0.717, 1.165) is 11.3 Å². The first-order chi connectivity index (χ1) is 11.6. The monoisotopic (exact) mass is 325 g/mol. The van der Waals surface area contributed by atoms with Crippen LogP contribution in [0.2, 0.25) is 0 Å². The molecule has 0 saturated heterocycles. The first kappa shape index (κ1) is 17.2. The van der Waals surface area contributed by atoms with E-state index in [1.165, 1.54) is 6.26 Å². The van der Waals surface area contributed by atoms with Gasteiger partial charge in [-0.2, -0.15) is 0 Å². The van der Waals surface area contributed by atoms with Crippen molar-refractivity contribution >= 4 is 11.7 Å². The van der Waals surface area contributed by atoms with E-state index in [1.807, 2.05) is 24.3 Å². The molecule has 1 amide bonds. The second-order valence-corrected chi connectivity index (χ2v) is 4.98. The Kier molecular flexibility index (Phi) is 6.08. The van der Waals surface area contributed by atoms with Crippen molar-refractivity contribution in [3.63, 3.8) is 0 Å². The summed E-state index contributed by atoms with van der Waals surface area (Å²) in [4.78, 5) is 11.8. The van der Waals surface area contributed by atoms with Gasteiger partial charge in [0.2, 0.25) is 5.91 Å². The van der Waals surface area contributed by atoms with Crippen molar-refractivity contribution in [1.82, 2.24) is 10.2 Å². The van der Waals surface area contributed by atoms with Crippen LogP contribution in [0, 0.1) is 0 Å². The lowest BCUT2D eigenvalue weighted by Crippen LogP contribution is -2.11. The molecule has 124 valence electrons. The Balaban J connectivity index is 1.92. The number of aromatic nitrogens is 2. The van der Waals surface area contributed by atoms with Gasteiger partial charge in [-0.15, -0.1) is 10.2 Å². The van der Waals surface area contributed by atoms with E-state index in [9.17, 15) is 4.79 Å². The summed E-state index contributed by atoms with van der Waals surface area (Å²) >= 11 is 0. The Hall–Kier alpha value is -3.15. The zero-order valence-electron chi connectivity index (χ0n) is 13.7. The molecule has 2 aromatic rings. The van der Waals surface area contributed by atoms with Gasteiger partial charge in [-0.05, 0) is 49.4 Å². The second-order valence-electron chi connectivity index (χ2n) is 4.98. The van der Waals surface area contributed by atoms with Gasteiger partial charge in [-0.3, -0.25) is 4.79 Å². The molecule has 0 atom stereocenters. The van der Waals surface area contributed by atoms with E-state index in [1.54, 1.807) is 32.2 Å². The fraction of sp³-hybridized carbons (Fsp3) is 0.167. The molecular weight excluding hydrogens is 306 g/mol. The number of allylic oxidation sites excluding steroid dienone is 1. The van der Waals surface area contributed by atoms with Crippen LogP contribution in [0.1, 0.15) is 13.3 Å². The predicted molar refractivity (Wildman–Crippen MR) is 92.3 cm³/mol. The minimum absolute atomic E-state index is 0.176. The molecule has 0 aliphatic heterocycles. The molecule has 0 fully saturated rings. The number of ether oxygens (including phenoxy) is 2. The molecule has 1 heterocycles. The van der Waals surface area contributed by atoms with Crippen molar-refractivity contribution in [1.29, 1.82) is 0 Å². The first-order valence-corrected chi connectivity index (χ1v) is 7.33. The van der Waals surface area contributed by atoms with Crippen LogP contribution < -0.4 is 10.1 Å². The van der Waals surface area contributed by atoms with Crippen LogP contribution in [0.4, 0.5) is 5.82 Å². The summed E-state index contributed by atoms with van der Waals surface area (Å²) in [5, 5.41) is 10.8. The van der Waals surface area contributed by atoms with Gasteiger partial charge in [0.1, 0.15) is 5.75 Å². The molecule has 0 aliphatic carbocycles. The smallest absolute Gasteiger partial charge is 0.229 e. The van der Waals surface area contributed by atoms with E-state index >= 15 is 0 Å². The number of amides is 1. The van der Waals surface area contributed by atoms with Crippen LogP contribution in [0.5, 0.6) is 5.75 Å². The fourth-order valence-electron chi connectivity index (χ4n) is 1.83. The number of hydrogen-bond acceptors (Lipinski definition) is 5. The van der Waals surface area contributed by atoms with Gasteiger partial charge in [-0.25, -0.2) is 0 Å². The van der Waals surface area contributed by atoms with Gasteiger partial charge in [0.15, 0.2) is 5.82 Å². The molecular formula is C18H19N3O3. The molecule has 24 heavy (non-hydrogen) atoms. The second kappa shape index (κ2) is 8.47. The molecule has 1 aromatic carbocycles. The third kappa shape index (κ3) is 5.24. The lowest BCUT2D eigenvalue weighted by Gasteiger charge is -2.05. The zero-order valence-corrected chi connectivity index (χ0v) is 13.7. The van der Waals surface area contributed by atoms with Gasteiger partial charge < -0.3 is 14.8 Å². The van der Waals surface area contributed by atoms with E-state index in [4.69, 9.17) is 9.47 Å². The Bertz CT molecular complexity index is 722. The number of anilines is 1.